The van der Waals surface area contributed by atoms with Crippen molar-refractivity contribution in [2.75, 3.05) is 0 Å². The minimum atomic E-state index is -5.20. The third-order valence-corrected chi connectivity index (χ3v) is 13.9. The third-order valence-electron chi connectivity index (χ3n) is 13.9. The van der Waals surface area contributed by atoms with Crippen molar-refractivity contribution in [3.8, 4) is 96.0 Å². The van der Waals surface area contributed by atoms with E-state index in [1.807, 2.05) is 66.7 Å². The van der Waals surface area contributed by atoms with Crippen molar-refractivity contribution in [1.82, 2.24) is 29.5 Å². The normalized spacial score (nSPS) is 12.3. The van der Waals surface area contributed by atoms with Crippen LogP contribution in [0.5, 0.6) is 0 Å². The maximum absolute atomic E-state index is 14.4. The minimum Gasteiger partial charge on any atom is -0.308 e. The Hall–Kier alpha value is -9.97. The lowest BCUT2D eigenvalue weighted by molar-refractivity contribution is -0.144. The highest BCUT2D eigenvalue weighted by Gasteiger charge is 2.39. The van der Waals surface area contributed by atoms with Crippen LogP contribution in [0.3, 0.4) is 0 Å². The molecule has 0 radical (unpaired) electrons. The molecule has 3 aromatic heterocycles. The van der Waals surface area contributed by atoms with E-state index < -0.39 is 58.1 Å². The zero-order valence-electron chi connectivity index (χ0n) is 42.5. The second-order valence-corrected chi connectivity index (χ2v) is 19.4. The molecule has 0 aliphatic rings. The summed E-state index contributed by atoms with van der Waals surface area (Å²) in [6, 6.07) is 54.1. The number of aromatic nitrogens is 6. The van der Waals surface area contributed by atoms with Gasteiger partial charge in [0.2, 0.25) is 0 Å². The van der Waals surface area contributed by atoms with Crippen LogP contribution in [0.2, 0.25) is 0 Å². The SMILES string of the molecule is FC(F)(F)c1cc(-c2ccc3c4ccc(-c5cc(C(F)(F)F)cc(C(F)(F)F)c5)cc4n(-c4ccc(-c5nc(-c6ccccc6)cc(-c6ccccc6)n5)cc4-c4nc(-c5ccccc5)nc(-c5ccccc5)n4)c3c2)cc(C(F)(F)F)c1. The van der Waals surface area contributed by atoms with Gasteiger partial charge in [0.05, 0.1) is 50.4 Å². The van der Waals surface area contributed by atoms with Crippen LogP contribution in [0.4, 0.5) is 52.7 Å². The van der Waals surface area contributed by atoms with Crippen LogP contribution in [0.15, 0.2) is 218 Å². The molecule has 83 heavy (non-hydrogen) atoms. The maximum Gasteiger partial charge on any atom is 0.416 e. The standard InChI is InChI=1S/C65H36F12N6/c66-62(67,68)46-27-44(28-47(34-46)63(69,70)71)41-21-24-50-51-25-22-42(45-29-48(64(72,73)74)35-49(30-45)65(75,76)77)33-57(51)83(56(50)32-41)55-26-23-43(60-78-53(37-13-5-1-6-14-37)36-54(79-60)38-15-7-2-8-16-38)31-52(55)61-81-58(39-17-9-3-10-18-39)80-59(82-61)40-19-11-4-12-20-40/h1-36H. The first-order valence-electron chi connectivity index (χ1n) is 25.3. The molecule has 6 nitrogen and oxygen atoms in total. The smallest absolute Gasteiger partial charge is 0.308 e. The first-order valence-corrected chi connectivity index (χ1v) is 25.3. The Bertz CT molecular complexity index is 4110. The number of rotatable bonds is 9. The van der Waals surface area contributed by atoms with Crippen LogP contribution in [0.1, 0.15) is 22.3 Å². The van der Waals surface area contributed by atoms with Crippen molar-refractivity contribution >= 4 is 21.8 Å². The molecular formula is C65H36F12N6. The van der Waals surface area contributed by atoms with Crippen molar-refractivity contribution in [2.45, 2.75) is 24.7 Å². The van der Waals surface area contributed by atoms with E-state index in [0.717, 1.165) is 11.1 Å². The zero-order valence-corrected chi connectivity index (χ0v) is 42.5. The minimum absolute atomic E-state index is 0.0105. The van der Waals surface area contributed by atoms with Crippen LogP contribution in [-0.4, -0.2) is 29.5 Å². The molecule has 12 aromatic rings. The molecule has 0 bridgehead atoms. The summed E-state index contributed by atoms with van der Waals surface area (Å²) in [6.07, 6.45) is -20.8. The van der Waals surface area contributed by atoms with Crippen molar-refractivity contribution in [1.29, 1.82) is 0 Å². The molecule has 0 aliphatic carbocycles. The largest absolute Gasteiger partial charge is 0.416 e. The molecular weight excluding hydrogens is 1090 g/mol. The highest BCUT2D eigenvalue weighted by atomic mass is 19.4. The van der Waals surface area contributed by atoms with Gasteiger partial charge in [0, 0.05) is 44.2 Å². The van der Waals surface area contributed by atoms with E-state index >= 15 is 0 Å². The van der Waals surface area contributed by atoms with Crippen LogP contribution in [0.25, 0.3) is 118 Å². The zero-order chi connectivity index (χ0) is 58.0. The first kappa shape index (κ1) is 53.7. The summed E-state index contributed by atoms with van der Waals surface area (Å²) in [5, 5.41) is 0.677. The fraction of sp³-hybridized carbons (Fsp3) is 0.0615. The fourth-order valence-corrected chi connectivity index (χ4v) is 9.95. The highest BCUT2D eigenvalue weighted by molar-refractivity contribution is 6.12. The van der Waals surface area contributed by atoms with Gasteiger partial charge in [0.25, 0.3) is 0 Å². The van der Waals surface area contributed by atoms with E-state index in [0.29, 0.717) is 63.1 Å². The molecule has 0 fully saturated rings. The van der Waals surface area contributed by atoms with Gasteiger partial charge in [-0.2, -0.15) is 52.7 Å². The van der Waals surface area contributed by atoms with Gasteiger partial charge < -0.3 is 4.57 Å². The van der Waals surface area contributed by atoms with Crippen LogP contribution in [-0.2, 0) is 24.7 Å². The molecule has 0 aliphatic heterocycles. The number of alkyl halides is 12. The monoisotopic (exact) mass is 1130 g/mol. The second kappa shape index (κ2) is 20.5. The van der Waals surface area contributed by atoms with Crippen LogP contribution < -0.4 is 0 Å². The first-order chi connectivity index (χ1) is 39.6. The van der Waals surface area contributed by atoms with Gasteiger partial charge in [-0.1, -0.05) is 146 Å². The Kier molecular flexibility index (Phi) is 13.3. The Morgan fingerprint density at radius 1 is 0.253 bits per heavy atom. The summed E-state index contributed by atoms with van der Waals surface area (Å²) in [6.45, 7) is 0. The predicted octanol–water partition coefficient (Wildman–Crippen LogP) is 19.2. The van der Waals surface area contributed by atoms with Crippen molar-refractivity contribution < 1.29 is 52.7 Å². The number of benzene rings is 9. The molecule has 0 unspecified atom stereocenters. The number of hydrogen-bond acceptors (Lipinski definition) is 5. The number of nitrogens with zero attached hydrogens (tertiary/aromatic N) is 6. The summed E-state index contributed by atoms with van der Waals surface area (Å²) in [5.74, 6) is 0.669. The van der Waals surface area contributed by atoms with E-state index in [1.54, 1.807) is 83.4 Å². The van der Waals surface area contributed by atoms with Crippen molar-refractivity contribution in [3.05, 3.63) is 241 Å². The lowest BCUT2D eigenvalue weighted by Gasteiger charge is -2.18. The van der Waals surface area contributed by atoms with Crippen LogP contribution >= 0.6 is 0 Å². The van der Waals surface area contributed by atoms with E-state index in [-0.39, 0.29) is 68.8 Å². The van der Waals surface area contributed by atoms with Gasteiger partial charge in [0.15, 0.2) is 23.3 Å². The van der Waals surface area contributed by atoms with Gasteiger partial charge >= 0.3 is 24.7 Å². The molecule has 12 rings (SSSR count). The van der Waals surface area contributed by atoms with E-state index in [4.69, 9.17) is 24.9 Å². The van der Waals surface area contributed by atoms with Gasteiger partial charge in [-0.3, -0.25) is 0 Å². The molecule has 0 atom stereocenters. The van der Waals surface area contributed by atoms with Crippen molar-refractivity contribution in [2.24, 2.45) is 0 Å². The average Bonchev–Trinajstić information content (AvgIpc) is 2.22. The summed E-state index contributed by atoms with van der Waals surface area (Å²) in [7, 11) is 0. The Morgan fingerprint density at radius 2 is 0.590 bits per heavy atom. The molecule has 0 N–H and O–H groups in total. The van der Waals surface area contributed by atoms with E-state index in [2.05, 4.69) is 0 Å². The molecule has 9 aromatic carbocycles. The molecule has 410 valence electrons. The fourth-order valence-electron chi connectivity index (χ4n) is 9.95. The molecule has 0 saturated carbocycles. The molecule has 0 amide bonds. The Labute approximate surface area is 463 Å². The van der Waals surface area contributed by atoms with E-state index in [1.165, 1.54) is 36.4 Å². The summed E-state index contributed by atoms with van der Waals surface area (Å²) < 4.78 is 175. The topological polar surface area (TPSA) is 69.4 Å². The lowest BCUT2D eigenvalue weighted by Crippen LogP contribution is -2.11. The Morgan fingerprint density at radius 3 is 0.964 bits per heavy atom. The third kappa shape index (κ3) is 10.8. The summed E-state index contributed by atoms with van der Waals surface area (Å²) in [4.78, 5) is 25.1. The van der Waals surface area contributed by atoms with Crippen LogP contribution in [0, 0.1) is 0 Å². The summed E-state index contributed by atoms with van der Waals surface area (Å²) >= 11 is 0. The van der Waals surface area contributed by atoms with E-state index in [9.17, 15) is 52.7 Å². The van der Waals surface area contributed by atoms with Gasteiger partial charge in [0.1, 0.15) is 0 Å². The number of fused-ring (bicyclic) bond motifs is 3. The summed E-state index contributed by atoms with van der Waals surface area (Å²) in [5.41, 5.74) is -2.60. The molecule has 18 heteroatoms. The Balaban J connectivity index is 1.20. The maximum atomic E-state index is 14.4. The lowest BCUT2D eigenvalue weighted by atomic mass is 9.97. The molecule has 0 saturated heterocycles. The van der Waals surface area contributed by atoms with Gasteiger partial charge in [-0.25, -0.2) is 24.9 Å². The van der Waals surface area contributed by atoms with Gasteiger partial charge in [-0.05, 0) is 95.1 Å². The van der Waals surface area contributed by atoms with Gasteiger partial charge in [-0.15, -0.1) is 0 Å². The van der Waals surface area contributed by atoms with Crippen molar-refractivity contribution in [3.63, 3.8) is 0 Å². The average molecular weight is 1130 g/mol. The highest BCUT2D eigenvalue weighted by Crippen LogP contribution is 2.45. The predicted molar refractivity (Wildman–Crippen MR) is 293 cm³/mol. The molecule has 0 spiro atoms. The quantitative estimate of drug-likeness (QED) is 0.135. The number of hydrogen-bond donors (Lipinski definition) is 0. The second-order valence-electron chi connectivity index (χ2n) is 19.4. The number of halogens is 12. The molecule has 3 heterocycles.